The zero-order valence-electron chi connectivity index (χ0n) is 43.2. The van der Waals surface area contributed by atoms with E-state index in [2.05, 4.69) is 41.6 Å². The zero-order valence-corrected chi connectivity index (χ0v) is 43.2. The van der Waals surface area contributed by atoms with Gasteiger partial charge in [0.15, 0.2) is 35.2 Å². The Morgan fingerprint density at radius 3 is 2.01 bits per heavy atom. The first-order valence-corrected chi connectivity index (χ1v) is 25.3. The SMILES string of the molecule is CC(=O)N[C@@H](CCCN=C(N)N)C(=O)N[C@H]1CCCCC(=O)CC[C@@H](C(N)=O)NC(=O)[C@H](Cc2c[nH]c3ccccc23)CC(=O)[C@H](CCCN=C(N)N)CC(=O)[C@@H](Cc2cc(F)c(F)c(F)c2)NC(=O)[C@H](CC(N)=O)NC1=O. The van der Waals surface area contributed by atoms with Gasteiger partial charge in [0, 0.05) is 74.6 Å². The molecule has 7 amide bonds. The van der Waals surface area contributed by atoms with Gasteiger partial charge in [0.25, 0.3) is 0 Å². The standard InChI is InChI=1S/C51H69F3N14O10/c1-26(69)64-37(13-7-17-62-51(59)60)47(76)66-38-12-4-2-9-31(70)14-15-36(45(56)74)65-46(75)29(21-30-25-63-35-11-5-3-10-32(30)35)23-41(71)28(8-6-16-61-50(57)58)22-42(72)39(20-27-18-33(52)44(54)34(53)19-27)67-49(78)40(24-43(55)73)68-48(38)77/h3,5,10-11,18-19,25,28-29,36-40,63H,2,4,6-9,12-17,20-24H2,1H3,(H2,55,73)(H2,56,74)(H,64,69)(H,65,75)(H,66,76)(H,67,78)(H,68,77)(H4,57,58,61)(H4,59,60,62)/t28-,29-,36+,37+,38+,39-,40+/m1/s1. The highest BCUT2D eigenvalue weighted by Gasteiger charge is 2.36. The first-order valence-electron chi connectivity index (χ1n) is 25.3. The summed E-state index contributed by atoms with van der Waals surface area (Å²) in [6, 6.07) is 0.377. The lowest BCUT2D eigenvalue weighted by Gasteiger charge is -2.27. The summed E-state index contributed by atoms with van der Waals surface area (Å²) in [5.74, 6) is -16.8. The van der Waals surface area contributed by atoms with Crippen LogP contribution in [0.15, 0.2) is 52.6 Å². The van der Waals surface area contributed by atoms with Crippen molar-refractivity contribution in [2.75, 3.05) is 13.1 Å². The number of nitrogens with zero attached hydrogens (tertiary/aromatic N) is 2. The molecule has 18 N–H and O–H groups in total. The van der Waals surface area contributed by atoms with E-state index in [9.17, 15) is 61.1 Å². The van der Waals surface area contributed by atoms with Crippen molar-refractivity contribution in [1.29, 1.82) is 0 Å². The van der Waals surface area contributed by atoms with E-state index in [0.29, 0.717) is 28.6 Å². The predicted octanol–water partition coefficient (Wildman–Crippen LogP) is -0.644. The van der Waals surface area contributed by atoms with Crippen molar-refractivity contribution in [2.24, 2.45) is 56.2 Å². The summed E-state index contributed by atoms with van der Waals surface area (Å²) in [6.45, 7) is 1.18. The molecule has 78 heavy (non-hydrogen) atoms. The molecule has 0 bridgehead atoms. The lowest BCUT2D eigenvalue weighted by Crippen LogP contribution is -2.58. The Hall–Kier alpha value is -8.39. The quantitative estimate of drug-likeness (QED) is 0.0326. The molecular formula is C51H69F3N14O10. The fourth-order valence-electron chi connectivity index (χ4n) is 8.94. The Kier molecular flexibility index (Phi) is 24.2. The van der Waals surface area contributed by atoms with Crippen molar-refractivity contribution in [3.05, 3.63) is 71.2 Å². The summed E-state index contributed by atoms with van der Waals surface area (Å²) < 4.78 is 43.6. The van der Waals surface area contributed by atoms with E-state index in [1.54, 1.807) is 30.5 Å². The van der Waals surface area contributed by atoms with Gasteiger partial charge in [-0.2, -0.15) is 0 Å². The third kappa shape index (κ3) is 20.3. The van der Waals surface area contributed by atoms with Crippen LogP contribution >= 0.6 is 0 Å². The zero-order chi connectivity index (χ0) is 57.6. The number of halogens is 3. The van der Waals surface area contributed by atoms with Crippen LogP contribution in [0.2, 0.25) is 0 Å². The molecule has 1 aliphatic rings. The highest BCUT2D eigenvalue weighted by atomic mass is 19.2. The lowest BCUT2D eigenvalue weighted by molar-refractivity contribution is -0.136. The van der Waals surface area contributed by atoms with Crippen LogP contribution in [-0.4, -0.2) is 119 Å². The highest BCUT2D eigenvalue weighted by Crippen LogP contribution is 2.27. The number of primary amides is 2. The largest absolute Gasteiger partial charge is 0.370 e. The van der Waals surface area contributed by atoms with Gasteiger partial charge in [-0.3, -0.25) is 57.9 Å². The number of nitrogens with one attached hydrogen (secondary N) is 6. The van der Waals surface area contributed by atoms with Gasteiger partial charge in [0.05, 0.1) is 12.5 Å². The fourth-order valence-corrected chi connectivity index (χ4v) is 8.94. The first-order chi connectivity index (χ1) is 36.9. The third-order valence-electron chi connectivity index (χ3n) is 12.9. The molecule has 0 unspecified atom stereocenters. The van der Waals surface area contributed by atoms with Gasteiger partial charge in [-0.15, -0.1) is 0 Å². The number of carbonyl (C=O) groups excluding carboxylic acids is 10. The number of amides is 7. The van der Waals surface area contributed by atoms with E-state index in [1.165, 1.54) is 0 Å². The van der Waals surface area contributed by atoms with Crippen LogP contribution < -0.4 is 61.0 Å². The smallest absolute Gasteiger partial charge is 0.243 e. The van der Waals surface area contributed by atoms with Crippen LogP contribution in [0.4, 0.5) is 13.2 Å². The minimum Gasteiger partial charge on any atom is -0.370 e. The van der Waals surface area contributed by atoms with E-state index < -0.39 is 138 Å². The molecule has 27 heteroatoms. The summed E-state index contributed by atoms with van der Waals surface area (Å²) in [6.07, 6.45) is -1.87. The summed E-state index contributed by atoms with van der Waals surface area (Å²) in [5, 5.41) is 13.1. The average molecular weight is 1100 g/mol. The van der Waals surface area contributed by atoms with Crippen molar-refractivity contribution < 1.29 is 61.1 Å². The summed E-state index contributed by atoms with van der Waals surface area (Å²) in [5.41, 5.74) is 34.1. The minimum atomic E-state index is -1.90. The van der Waals surface area contributed by atoms with E-state index in [4.69, 9.17) is 34.4 Å². The van der Waals surface area contributed by atoms with Crippen LogP contribution in [0.5, 0.6) is 0 Å². The molecule has 0 spiro atoms. The van der Waals surface area contributed by atoms with Crippen LogP contribution in [0.1, 0.15) is 102 Å². The Balaban J connectivity index is 1.82. The molecule has 24 nitrogen and oxygen atoms in total. The van der Waals surface area contributed by atoms with Crippen molar-refractivity contribution >= 4 is 81.5 Å². The first kappa shape index (κ1) is 62.2. The number of H-pyrrole nitrogens is 1. The lowest BCUT2D eigenvalue weighted by atomic mass is 9.83. The maximum Gasteiger partial charge on any atom is 0.243 e. The fraction of sp³-hybridized carbons (Fsp3) is 0.490. The van der Waals surface area contributed by atoms with Crippen LogP contribution in [0.3, 0.4) is 0 Å². The van der Waals surface area contributed by atoms with E-state index in [1.807, 2.05) is 0 Å². The Labute approximate surface area is 447 Å². The number of Topliss-reactive ketones (excluding diaryl/α,β-unsaturated/α-hetero) is 3. The Bertz CT molecular complexity index is 2720. The summed E-state index contributed by atoms with van der Waals surface area (Å²) >= 11 is 0. The summed E-state index contributed by atoms with van der Waals surface area (Å²) in [7, 11) is 0. The van der Waals surface area contributed by atoms with Crippen molar-refractivity contribution in [3.63, 3.8) is 0 Å². The molecule has 0 radical (unpaired) electrons. The second-order valence-corrected chi connectivity index (χ2v) is 19.2. The number of aliphatic imine (C=N–C) groups is 2. The molecule has 1 saturated heterocycles. The average Bonchev–Trinajstić information content (AvgIpc) is 3.79. The molecule has 4 rings (SSSR count). The molecule has 3 aromatic rings. The van der Waals surface area contributed by atoms with Crippen molar-refractivity contribution in [3.8, 4) is 0 Å². The van der Waals surface area contributed by atoms with Crippen LogP contribution in [0.25, 0.3) is 10.9 Å². The van der Waals surface area contributed by atoms with Gasteiger partial charge in [-0.05, 0) is 87.1 Å². The maximum absolute atomic E-state index is 14.7. The molecule has 2 heterocycles. The van der Waals surface area contributed by atoms with Gasteiger partial charge in [0.2, 0.25) is 41.4 Å². The number of para-hydroxylation sites is 1. The molecule has 1 fully saturated rings. The maximum atomic E-state index is 14.7. The van der Waals surface area contributed by atoms with E-state index in [-0.39, 0.29) is 107 Å². The van der Waals surface area contributed by atoms with Gasteiger partial charge in [0.1, 0.15) is 35.7 Å². The normalized spacial score (nSPS) is 21.0. The van der Waals surface area contributed by atoms with Crippen molar-refractivity contribution in [2.45, 2.75) is 133 Å². The number of ketones is 3. The number of guanidine groups is 2. The van der Waals surface area contributed by atoms with Crippen molar-refractivity contribution in [1.82, 2.24) is 31.6 Å². The minimum absolute atomic E-state index is 0.0186. The molecular weight excluding hydrogens is 1030 g/mol. The van der Waals surface area contributed by atoms with Gasteiger partial charge in [-0.25, -0.2) is 13.2 Å². The van der Waals surface area contributed by atoms with Crippen LogP contribution in [-0.2, 0) is 60.8 Å². The molecule has 0 aliphatic carbocycles. The number of hydrogen-bond donors (Lipinski definition) is 12. The monoisotopic (exact) mass is 1090 g/mol. The highest BCUT2D eigenvalue weighted by molar-refractivity contribution is 5.99. The number of fused-ring (bicyclic) bond motifs is 1. The number of rotatable bonds is 18. The van der Waals surface area contributed by atoms with Gasteiger partial charge >= 0.3 is 0 Å². The van der Waals surface area contributed by atoms with Crippen LogP contribution in [0, 0.1) is 29.3 Å². The molecule has 2 aromatic carbocycles. The summed E-state index contributed by atoms with van der Waals surface area (Å²) in [4.78, 5) is 148. The number of benzene rings is 2. The molecule has 1 aromatic heterocycles. The number of carbonyl (C=O) groups is 10. The second-order valence-electron chi connectivity index (χ2n) is 19.2. The number of hydrogen-bond acceptors (Lipinski definition) is 12. The molecule has 0 saturated carbocycles. The van der Waals surface area contributed by atoms with Gasteiger partial charge < -0.3 is 66.0 Å². The number of aromatic amines is 1. The van der Waals surface area contributed by atoms with E-state index in [0.717, 1.165) is 6.92 Å². The Morgan fingerprint density at radius 2 is 1.37 bits per heavy atom. The number of nitrogens with two attached hydrogens (primary N) is 6. The molecule has 1 aliphatic heterocycles. The molecule has 7 atom stereocenters. The van der Waals surface area contributed by atoms with E-state index >= 15 is 0 Å². The second kappa shape index (κ2) is 30.4. The Morgan fingerprint density at radius 1 is 0.731 bits per heavy atom. The predicted molar refractivity (Wildman–Crippen MR) is 279 cm³/mol. The topological polar surface area (TPSA) is 427 Å². The van der Waals surface area contributed by atoms with Gasteiger partial charge in [-0.1, -0.05) is 24.6 Å². The number of aromatic nitrogens is 1. The third-order valence-corrected chi connectivity index (χ3v) is 12.9. The molecule has 424 valence electrons.